The third-order valence-corrected chi connectivity index (χ3v) is 8.10. The van der Waals surface area contributed by atoms with Gasteiger partial charge in [-0.15, -0.1) is 0 Å². The molecule has 1 fully saturated rings. The SMILES string of the molecule is C=C/C(C)=C(\C(C)=CC)N1[CH-]N(/C(C(Cl)=CC)=C(\C)C=C)CC1.[Cl][Ru]=[CH]c1ccccc1NCc1ccccc1. The predicted molar refractivity (Wildman–Crippen MR) is 174 cm³/mol. The van der Waals surface area contributed by atoms with Crippen LogP contribution in [-0.2, 0) is 22.2 Å². The Bertz CT molecular complexity index is 1240. The molecule has 1 saturated heterocycles. The molecular weight excluding hydrogens is 622 g/mol. The van der Waals surface area contributed by atoms with Crippen LogP contribution < -0.4 is 5.32 Å². The number of rotatable bonds is 10. The van der Waals surface area contributed by atoms with Gasteiger partial charge in [-0.3, -0.25) is 0 Å². The van der Waals surface area contributed by atoms with E-state index in [1.54, 1.807) is 0 Å². The minimum absolute atomic E-state index is 0.188. The van der Waals surface area contributed by atoms with E-state index in [1.807, 2.05) is 50.3 Å². The average molecular weight is 664 g/mol. The molecule has 1 aliphatic heterocycles. The zero-order valence-electron chi connectivity index (χ0n) is 24.2. The number of hydrogen-bond donors (Lipinski definition) is 1. The second-order valence-corrected chi connectivity index (χ2v) is 11.4. The Balaban J connectivity index is 0.000000292. The van der Waals surface area contributed by atoms with Crippen molar-refractivity contribution in [1.82, 2.24) is 9.80 Å². The Labute approximate surface area is 258 Å². The molecule has 6 heteroatoms. The first kappa shape index (κ1) is 33.6. The fourth-order valence-electron chi connectivity index (χ4n) is 4.20. The summed E-state index contributed by atoms with van der Waals surface area (Å²) in [5, 5.41) is 4.18. The Morgan fingerprint density at radius 1 is 0.900 bits per heavy atom. The fraction of sp³-hybridized carbons (Fsp3) is 0.235. The summed E-state index contributed by atoms with van der Waals surface area (Å²) in [4.78, 5) is 4.46. The van der Waals surface area contributed by atoms with Crippen molar-refractivity contribution in [1.29, 1.82) is 0 Å². The molecule has 2 aromatic rings. The molecule has 0 spiro atoms. The third-order valence-electron chi connectivity index (χ3n) is 6.52. The predicted octanol–water partition coefficient (Wildman–Crippen LogP) is 9.44. The number of halogens is 2. The summed E-state index contributed by atoms with van der Waals surface area (Å²) in [7, 11) is 5.83. The summed E-state index contributed by atoms with van der Waals surface area (Å²) in [6.45, 7) is 22.8. The van der Waals surface area contributed by atoms with Gasteiger partial charge in [-0.1, -0.05) is 49.1 Å². The van der Waals surface area contributed by atoms with E-state index in [-0.39, 0.29) is 15.7 Å². The first-order chi connectivity index (χ1) is 19.3. The first-order valence-corrected chi connectivity index (χ1v) is 16.9. The quantitative estimate of drug-likeness (QED) is 0.155. The van der Waals surface area contributed by atoms with Gasteiger partial charge in [-0.25, -0.2) is 0 Å². The number of allylic oxidation sites excluding steroid dienone is 8. The molecule has 1 heterocycles. The molecule has 2 aromatic carbocycles. The number of nitrogens with one attached hydrogen (secondary N) is 1. The van der Waals surface area contributed by atoms with Crippen molar-refractivity contribution in [3.8, 4) is 0 Å². The maximum atomic E-state index is 6.43. The molecule has 1 aliphatic rings. The molecule has 0 saturated carbocycles. The van der Waals surface area contributed by atoms with Gasteiger partial charge in [0.05, 0.1) is 5.03 Å². The number of hydrogen-bond acceptors (Lipinski definition) is 3. The van der Waals surface area contributed by atoms with Gasteiger partial charge < -0.3 is 9.80 Å². The van der Waals surface area contributed by atoms with E-state index in [1.165, 1.54) is 28.0 Å². The number of anilines is 1. The van der Waals surface area contributed by atoms with Crippen molar-refractivity contribution >= 4 is 31.6 Å². The van der Waals surface area contributed by atoms with Gasteiger partial charge in [-0.05, 0) is 51.3 Å². The van der Waals surface area contributed by atoms with Crippen molar-refractivity contribution in [2.45, 2.75) is 41.2 Å². The molecule has 0 aromatic heterocycles. The molecular formula is C34H41Cl2N3Ru-. The number of nitrogens with zero attached hydrogens (tertiary/aromatic N) is 2. The van der Waals surface area contributed by atoms with Crippen molar-refractivity contribution in [3.05, 3.63) is 143 Å². The minimum atomic E-state index is -0.188. The zero-order chi connectivity index (χ0) is 29.5. The van der Waals surface area contributed by atoms with Gasteiger partial charge in [0, 0.05) is 24.5 Å². The monoisotopic (exact) mass is 663 g/mol. The van der Waals surface area contributed by atoms with Gasteiger partial charge in [-0.2, -0.15) is 6.67 Å². The molecule has 0 radical (unpaired) electrons. The van der Waals surface area contributed by atoms with Gasteiger partial charge >= 0.3 is 113 Å². The van der Waals surface area contributed by atoms with E-state index in [2.05, 4.69) is 103 Å². The Morgan fingerprint density at radius 3 is 2.05 bits per heavy atom. The van der Waals surface area contributed by atoms with E-state index >= 15 is 0 Å². The second-order valence-electron chi connectivity index (χ2n) is 9.19. The summed E-state index contributed by atoms with van der Waals surface area (Å²) in [6.07, 6.45) is 7.80. The van der Waals surface area contributed by atoms with Crippen LogP contribution >= 0.6 is 21.3 Å². The summed E-state index contributed by atoms with van der Waals surface area (Å²) >= 11 is 6.24. The van der Waals surface area contributed by atoms with Crippen molar-refractivity contribution in [2.24, 2.45) is 0 Å². The van der Waals surface area contributed by atoms with Gasteiger partial charge in [0.15, 0.2) is 0 Å². The van der Waals surface area contributed by atoms with Crippen LogP contribution in [0.3, 0.4) is 0 Å². The van der Waals surface area contributed by atoms with Crippen LogP contribution in [0.4, 0.5) is 5.69 Å². The van der Waals surface area contributed by atoms with E-state index in [0.717, 1.165) is 41.6 Å². The molecule has 215 valence electrons. The molecule has 1 N–H and O–H groups in total. The van der Waals surface area contributed by atoms with Crippen molar-refractivity contribution in [2.75, 3.05) is 18.4 Å². The molecule has 0 unspecified atom stereocenters. The van der Waals surface area contributed by atoms with Crippen LogP contribution in [0, 0.1) is 6.67 Å². The molecule has 40 heavy (non-hydrogen) atoms. The zero-order valence-corrected chi connectivity index (χ0v) is 27.4. The average Bonchev–Trinajstić information content (AvgIpc) is 3.46. The summed E-state index contributed by atoms with van der Waals surface area (Å²) in [5.74, 6) is 0. The van der Waals surface area contributed by atoms with Crippen molar-refractivity contribution in [3.63, 3.8) is 0 Å². The molecule has 3 rings (SSSR count). The summed E-state index contributed by atoms with van der Waals surface area (Å²) < 4.78 is 2.10. The van der Waals surface area contributed by atoms with Crippen LogP contribution in [-0.4, -0.2) is 27.5 Å². The van der Waals surface area contributed by atoms with Gasteiger partial charge in [0.25, 0.3) is 0 Å². The topological polar surface area (TPSA) is 18.5 Å². The van der Waals surface area contributed by atoms with Crippen molar-refractivity contribution < 1.29 is 15.7 Å². The van der Waals surface area contributed by atoms with E-state index in [9.17, 15) is 0 Å². The fourth-order valence-corrected chi connectivity index (χ4v) is 5.59. The third kappa shape index (κ3) is 9.77. The molecule has 0 aliphatic carbocycles. The van der Waals surface area contributed by atoms with Crippen LogP contribution in [0.5, 0.6) is 0 Å². The van der Waals surface area contributed by atoms with Gasteiger partial charge in [0.1, 0.15) is 0 Å². The van der Waals surface area contributed by atoms with E-state index in [4.69, 9.17) is 21.3 Å². The maximum absolute atomic E-state index is 6.43. The Morgan fingerprint density at radius 2 is 1.48 bits per heavy atom. The number of benzene rings is 2. The molecule has 0 bridgehead atoms. The van der Waals surface area contributed by atoms with E-state index in [0.29, 0.717) is 0 Å². The van der Waals surface area contributed by atoms with Crippen LogP contribution in [0.15, 0.2) is 125 Å². The number of para-hydroxylation sites is 1. The van der Waals surface area contributed by atoms with Crippen LogP contribution in [0.25, 0.3) is 0 Å². The van der Waals surface area contributed by atoms with Gasteiger partial charge in [0.2, 0.25) is 0 Å². The van der Waals surface area contributed by atoms with Crippen LogP contribution in [0.2, 0.25) is 0 Å². The first-order valence-electron chi connectivity index (χ1n) is 13.2. The second kappa shape index (κ2) is 17.9. The molecule has 3 nitrogen and oxygen atoms in total. The molecule has 0 amide bonds. The standard InChI is InChI=1S/C20H28ClN2.C14H13N.ClH.Ru/c1-8-15(5)19(16(6)9-2)22-12-13-23(14-22)20(17(7)10-3)18(21)11-4;1-12-7-5-6-10-14(12)15-11-13-8-3-2-4-9-13;;/h8-11,14H,1,3,12-13H2,2,4-7H3;1-10,15H,11H2;1H;/q-1;;;+1/p-1/b16-9?,18-11?,19-15+,20-17+;;;. The summed E-state index contributed by atoms with van der Waals surface area (Å²) in [6, 6.07) is 18.6. The normalized spacial score (nSPS) is 15.5. The molecule has 0 atom stereocenters. The summed E-state index contributed by atoms with van der Waals surface area (Å²) in [5.41, 5.74) is 9.31. The van der Waals surface area contributed by atoms with E-state index < -0.39 is 0 Å². The van der Waals surface area contributed by atoms with Crippen LogP contribution in [0.1, 0.15) is 45.7 Å². The Hall–Kier alpha value is -2.65. The Kier molecular flexibility index (Phi) is 15.0.